The number of carbonyl (C=O) groups excluding carboxylic acids is 2. The van der Waals surface area contributed by atoms with E-state index in [1.807, 2.05) is 49.4 Å². The fourth-order valence-corrected chi connectivity index (χ4v) is 2.98. The molecule has 0 spiro atoms. The molecule has 2 heterocycles. The molecular formula is C20H17N5O2. The Labute approximate surface area is 155 Å². The summed E-state index contributed by atoms with van der Waals surface area (Å²) in [7, 11) is 0. The predicted octanol–water partition coefficient (Wildman–Crippen LogP) is 2.87. The van der Waals surface area contributed by atoms with Crippen LogP contribution < -0.4 is 16.1 Å². The van der Waals surface area contributed by atoms with Crippen LogP contribution in [0.25, 0.3) is 10.9 Å². The quantitative estimate of drug-likeness (QED) is 0.329. The largest absolute Gasteiger partial charge is 0.358 e. The number of para-hydroxylation sites is 3. The van der Waals surface area contributed by atoms with Gasteiger partial charge in [0.05, 0.1) is 17.6 Å². The van der Waals surface area contributed by atoms with Crippen molar-refractivity contribution in [1.82, 2.24) is 10.4 Å². The average Bonchev–Trinajstić information content (AvgIpc) is 2.98. The van der Waals surface area contributed by atoms with Gasteiger partial charge in [-0.3, -0.25) is 9.59 Å². The first kappa shape index (κ1) is 16.6. The summed E-state index contributed by atoms with van der Waals surface area (Å²) in [6.45, 7) is 1.94. The topological polar surface area (TPSA) is 98.4 Å². The minimum absolute atomic E-state index is 0.157. The van der Waals surface area contributed by atoms with E-state index < -0.39 is 5.91 Å². The first-order chi connectivity index (χ1) is 13.1. The lowest BCUT2D eigenvalue weighted by molar-refractivity contribution is -0.117. The average molecular weight is 359 g/mol. The summed E-state index contributed by atoms with van der Waals surface area (Å²) < 4.78 is 0. The smallest absolute Gasteiger partial charge is 0.272 e. The van der Waals surface area contributed by atoms with Gasteiger partial charge in [-0.15, -0.1) is 0 Å². The number of aromatic amines is 1. The van der Waals surface area contributed by atoms with Crippen molar-refractivity contribution in [3.63, 3.8) is 0 Å². The molecule has 0 atom stereocenters. The number of aromatic nitrogens is 1. The van der Waals surface area contributed by atoms with Crippen LogP contribution in [0.15, 0.2) is 65.4 Å². The lowest BCUT2D eigenvalue weighted by atomic mass is 10.1. The first-order valence-corrected chi connectivity index (χ1v) is 8.41. The van der Waals surface area contributed by atoms with Crippen molar-refractivity contribution in [2.75, 3.05) is 10.6 Å². The molecule has 1 aliphatic heterocycles. The van der Waals surface area contributed by atoms with Gasteiger partial charge in [0.1, 0.15) is 5.70 Å². The van der Waals surface area contributed by atoms with E-state index in [0.29, 0.717) is 5.69 Å². The summed E-state index contributed by atoms with van der Waals surface area (Å²) in [5.74, 6) is -0.874. The van der Waals surface area contributed by atoms with Crippen LogP contribution in [0.4, 0.5) is 11.4 Å². The van der Waals surface area contributed by atoms with Gasteiger partial charge in [0.2, 0.25) is 0 Å². The van der Waals surface area contributed by atoms with Crippen molar-refractivity contribution in [3.05, 3.63) is 71.6 Å². The highest BCUT2D eigenvalue weighted by atomic mass is 16.2. The number of H-pyrrole nitrogens is 1. The zero-order valence-corrected chi connectivity index (χ0v) is 14.5. The summed E-state index contributed by atoms with van der Waals surface area (Å²) in [5.41, 5.74) is 6.85. The lowest BCUT2D eigenvalue weighted by Crippen LogP contribution is -2.27. The van der Waals surface area contributed by atoms with Crippen LogP contribution in [0.3, 0.4) is 0 Å². The molecule has 3 aromatic rings. The number of rotatable bonds is 3. The number of hydrazone groups is 1. The van der Waals surface area contributed by atoms with E-state index in [-0.39, 0.29) is 11.6 Å². The number of hydrogen-bond donors (Lipinski definition) is 4. The fraction of sp³-hybridized carbons (Fsp3) is 0.0500. The van der Waals surface area contributed by atoms with Gasteiger partial charge in [-0.25, -0.2) is 5.43 Å². The van der Waals surface area contributed by atoms with Gasteiger partial charge in [0, 0.05) is 28.2 Å². The Morgan fingerprint density at radius 3 is 2.56 bits per heavy atom. The van der Waals surface area contributed by atoms with E-state index in [1.54, 1.807) is 12.3 Å². The van der Waals surface area contributed by atoms with Gasteiger partial charge < -0.3 is 15.6 Å². The number of hydrogen-bond acceptors (Lipinski definition) is 4. The van der Waals surface area contributed by atoms with Gasteiger partial charge in [-0.1, -0.05) is 30.3 Å². The third-order valence-corrected chi connectivity index (χ3v) is 4.28. The second kappa shape index (κ2) is 6.80. The highest BCUT2D eigenvalue weighted by Crippen LogP contribution is 2.27. The monoisotopic (exact) mass is 359 g/mol. The van der Waals surface area contributed by atoms with Crippen molar-refractivity contribution in [1.29, 1.82) is 0 Å². The van der Waals surface area contributed by atoms with Crippen molar-refractivity contribution in [3.8, 4) is 0 Å². The molecule has 0 saturated heterocycles. The van der Waals surface area contributed by atoms with E-state index in [0.717, 1.165) is 27.8 Å². The second-order valence-corrected chi connectivity index (χ2v) is 6.13. The standard InChI is InChI=1S/C20H17N5O2/c1-12-14(13-6-2-3-7-15(13)22-12)11-21-25-19(26)10-18-20(27)24-17-9-5-4-8-16(17)23-18/h2-11,22-23H,1H3,(H,24,27)(H,25,26)/b18-10-,21-11-. The minimum Gasteiger partial charge on any atom is -0.358 e. The van der Waals surface area contributed by atoms with Gasteiger partial charge in [0.25, 0.3) is 11.8 Å². The maximum Gasteiger partial charge on any atom is 0.272 e. The third kappa shape index (κ3) is 3.30. The Kier molecular flexibility index (Phi) is 4.18. The Morgan fingerprint density at radius 2 is 1.74 bits per heavy atom. The third-order valence-electron chi connectivity index (χ3n) is 4.28. The molecule has 2 aromatic carbocycles. The van der Waals surface area contributed by atoms with E-state index >= 15 is 0 Å². The maximum atomic E-state index is 12.1. The number of anilines is 2. The summed E-state index contributed by atoms with van der Waals surface area (Å²) in [5, 5.41) is 10.7. The molecule has 0 bridgehead atoms. The van der Waals surface area contributed by atoms with Crippen LogP contribution in [0.1, 0.15) is 11.3 Å². The summed E-state index contributed by atoms with van der Waals surface area (Å²) >= 11 is 0. The van der Waals surface area contributed by atoms with Crippen molar-refractivity contribution in [2.45, 2.75) is 6.92 Å². The Balaban J connectivity index is 1.48. The number of carbonyl (C=O) groups is 2. The molecule has 0 radical (unpaired) electrons. The number of fused-ring (bicyclic) bond motifs is 2. The van der Waals surface area contributed by atoms with Gasteiger partial charge in [-0.2, -0.15) is 5.10 Å². The Bertz CT molecular complexity index is 1110. The number of nitrogens with one attached hydrogen (secondary N) is 4. The van der Waals surface area contributed by atoms with Crippen LogP contribution in [0.2, 0.25) is 0 Å². The number of benzene rings is 2. The molecule has 0 aliphatic carbocycles. The van der Waals surface area contributed by atoms with Crippen LogP contribution >= 0.6 is 0 Å². The number of nitrogens with zero attached hydrogens (tertiary/aromatic N) is 1. The molecule has 1 aliphatic rings. The molecule has 7 heteroatoms. The van der Waals surface area contributed by atoms with E-state index in [4.69, 9.17) is 0 Å². The highest BCUT2D eigenvalue weighted by Gasteiger charge is 2.19. The lowest BCUT2D eigenvalue weighted by Gasteiger charge is -2.20. The van der Waals surface area contributed by atoms with Gasteiger partial charge >= 0.3 is 0 Å². The molecule has 134 valence electrons. The molecule has 0 unspecified atom stereocenters. The van der Waals surface area contributed by atoms with Crippen LogP contribution in [-0.4, -0.2) is 23.0 Å². The molecule has 27 heavy (non-hydrogen) atoms. The van der Waals surface area contributed by atoms with E-state index in [9.17, 15) is 9.59 Å². The molecule has 1 aromatic heterocycles. The number of amides is 2. The Morgan fingerprint density at radius 1 is 1.04 bits per heavy atom. The van der Waals surface area contributed by atoms with Gasteiger partial charge in [-0.05, 0) is 25.1 Å². The molecule has 0 saturated carbocycles. The summed E-state index contributed by atoms with van der Waals surface area (Å²) in [6.07, 6.45) is 2.78. The SMILES string of the molecule is Cc1[nH]c2ccccc2c1/C=N\NC(=O)/C=C1\Nc2ccccc2NC1=O. The minimum atomic E-state index is -0.499. The Hall–Kier alpha value is -3.87. The van der Waals surface area contributed by atoms with Crippen LogP contribution in [0.5, 0.6) is 0 Å². The zero-order valence-electron chi connectivity index (χ0n) is 14.5. The zero-order chi connectivity index (χ0) is 18.8. The van der Waals surface area contributed by atoms with E-state index in [2.05, 4.69) is 26.1 Å². The van der Waals surface area contributed by atoms with Crippen LogP contribution in [0, 0.1) is 6.92 Å². The number of aryl methyl sites for hydroxylation is 1. The molecule has 0 fully saturated rings. The van der Waals surface area contributed by atoms with Crippen LogP contribution in [-0.2, 0) is 9.59 Å². The molecular weight excluding hydrogens is 342 g/mol. The van der Waals surface area contributed by atoms with Crippen molar-refractivity contribution in [2.24, 2.45) is 5.10 Å². The van der Waals surface area contributed by atoms with Crippen molar-refractivity contribution < 1.29 is 9.59 Å². The van der Waals surface area contributed by atoms with E-state index in [1.165, 1.54) is 6.08 Å². The molecule has 2 amide bonds. The molecule has 7 nitrogen and oxygen atoms in total. The first-order valence-electron chi connectivity index (χ1n) is 8.41. The fourth-order valence-electron chi connectivity index (χ4n) is 2.98. The summed E-state index contributed by atoms with van der Waals surface area (Å²) in [6, 6.07) is 15.1. The second-order valence-electron chi connectivity index (χ2n) is 6.13. The maximum absolute atomic E-state index is 12.1. The van der Waals surface area contributed by atoms with Gasteiger partial charge in [0.15, 0.2) is 0 Å². The molecule has 4 rings (SSSR count). The normalized spacial score (nSPS) is 14.9. The predicted molar refractivity (Wildman–Crippen MR) is 106 cm³/mol. The summed E-state index contributed by atoms with van der Waals surface area (Å²) in [4.78, 5) is 27.5. The highest BCUT2D eigenvalue weighted by molar-refractivity contribution is 6.13. The molecule has 4 N–H and O–H groups in total. The van der Waals surface area contributed by atoms with Crippen molar-refractivity contribution >= 4 is 40.3 Å².